The Kier molecular flexibility index (Phi) is 10.9. The molecule has 8 heteroatoms. The average molecular weight is 435 g/mol. The van der Waals surface area contributed by atoms with E-state index >= 15 is 0 Å². The van der Waals surface area contributed by atoms with Crippen molar-refractivity contribution in [1.29, 1.82) is 0 Å². The molecule has 0 saturated carbocycles. The van der Waals surface area contributed by atoms with Crippen molar-refractivity contribution in [2.45, 2.75) is 19.4 Å². The molecule has 1 aromatic rings. The molecule has 2 heterocycles. The Bertz CT molecular complexity index is 646. The van der Waals surface area contributed by atoms with Crippen LogP contribution in [-0.4, -0.2) is 90.3 Å². The normalized spacial score (nSPS) is 20.0. The number of ether oxygens (including phenoxy) is 4. The van der Waals surface area contributed by atoms with E-state index in [1.165, 1.54) is 0 Å². The molecule has 0 aliphatic carbocycles. The van der Waals surface area contributed by atoms with Crippen LogP contribution < -0.4 is 15.4 Å². The van der Waals surface area contributed by atoms with Gasteiger partial charge in [-0.15, -0.1) is 0 Å². The van der Waals surface area contributed by atoms with Gasteiger partial charge < -0.3 is 29.6 Å². The quantitative estimate of drug-likeness (QED) is 0.293. The van der Waals surface area contributed by atoms with Crippen molar-refractivity contribution < 1.29 is 18.9 Å². The molecular formula is C23H38N4O4. The highest BCUT2D eigenvalue weighted by atomic mass is 16.5. The van der Waals surface area contributed by atoms with E-state index in [1.54, 1.807) is 7.05 Å². The molecule has 0 aromatic heterocycles. The van der Waals surface area contributed by atoms with Crippen LogP contribution in [0, 0.1) is 5.92 Å². The van der Waals surface area contributed by atoms with Crippen LogP contribution in [0.4, 0.5) is 0 Å². The highest BCUT2D eigenvalue weighted by Crippen LogP contribution is 2.14. The smallest absolute Gasteiger partial charge is 0.191 e. The monoisotopic (exact) mass is 434 g/mol. The number of rotatable bonds is 12. The van der Waals surface area contributed by atoms with Crippen LogP contribution in [0.25, 0.3) is 0 Å². The molecule has 0 spiro atoms. The van der Waals surface area contributed by atoms with E-state index < -0.39 is 0 Å². The second-order valence-electron chi connectivity index (χ2n) is 7.96. The van der Waals surface area contributed by atoms with Gasteiger partial charge in [0.15, 0.2) is 5.96 Å². The lowest BCUT2D eigenvalue weighted by molar-refractivity contribution is 0.0322. The van der Waals surface area contributed by atoms with Crippen LogP contribution in [-0.2, 0) is 20.8 Å². The summed E-state index contributed by atoms with van der Waals surface area (Å²) in [4.78, 5) is 6.67. The van der Waals surface area contributed by atoms with Gasteiger partial charge in [-0.1, -0.05) is 12.1 Å². The SMILES string of the molecule is CN=C(NCCCOCC1CCOC1)NCc1cccc(OCCN2CCOCC2)c1. The van der Waals surface area contributed by atoms with Crippen LogP contribution in [0.5, 0.6) is 5.75 Å². The van der Waals surface area contributed by atoms with Crippen LogP contribution in [0.1, 0.15) is 18.4 Å². The fraction of sp³-hybridized carbons (Fsp3) is 0.696. The van der Waals surface area contributed by atoms with E-state index in [-0.39, 0.29) is 0 Å². The van der Waals surface area contributed by atoms with E-state index in [2.05, 4.69) is 32.7 Å². The number of nitrogens with one attached hydrogen (secondary N) is 2. The molecule has 2 saturated heterocycles. The standard InChI is InChI=1S/C23H38N4O4/c1-24-23(25-7-3-11-29-18-21-6-12-30-19-21)26-17-20-4-2-5-22(16-20)31-15-10-27-8-13-28-14-9-27/h2,4-5,16,21H,3,6-15,17-19H2,1H3,(H2,24,25,26). The Balaban J connectivity index is 1.27. The number of benzene rings is 1. The fourth-order valence-corrected chi connectivity index (χ4v) is 3.61. The van der Waals surface area contributed by atoms with E-state index in [1.807, 2.05) is 12.1 Å². The van der Waals surface area contributed by atoms with Crippen molar-refractivity contribution in [2.75, 3.05) is 79.5 Å². The van der Waals surface area contributed by atoms with Gasteiger partial charge in [-0.05, 0) is 30.5 Å². The minimum atomic E-state index is 0.571. The summed E-state index contributed by atoms with van der Waals surface area (Å²) in [5, 5.41) is 6.70. The second-order valence-corrected chi connectivity index (χ2v) is 7.96. The predicted octanol–water partition coefficient (Wildman–Crippen LogP) is 1.51. The number of hydrogen-bond donors (Lipinski definition) is 2. The summed E-state index contributed by atoms with van der Waals surface area (Å²) in [6, 6.07) is 8.22. The minimum absolute atomic E-state index is 0.571. The average Bonchev–Trinajstić information content (AvgIpc) is 3.33. The first kappa shape index (κ1) is 23.8. The van der Waals surface area contributed by atoms with E-state index in [0.717, 1.165) is 95.9 Å². The second kappa shape index (κ2) is 14.2. The molecule has 2 aliphatic heterocycles. The highest BCUT2D eigenvalue weighted by molar-refractivity contribution is 5.79. The Morgan fingerprint density at radius 2 is 2.06 bits per heavy atom. The third kappa shape index (κ3) is 9.43. The lowest BCUT2D eigenvalue weighted by atomic mass is 10.1. The Hall–Kier alpha value is -1.87. The molecule has 0 radical (unpaired) electrons. The van der Waals surface area contributed by atoms with Crippen molar-refractivity contribution in [3.05, 3.63) is 29.8 Å². The molecule has 2 aliphatic rings. The fourth-order valence-electron chi connectivity index (χ4n) is 3.61. The summed E-state index contributed by atoms with van der Waals surface area (Å²) in [5.41, 5.74) is 1.16. The molecule has 174 valence electrons. The van der Waals surface area contributed by atoms with Crippen molar-refractivity contribution in [3.8, 4) is 5.75 Å². The molecule has 0 bridgehead atoms. The van der Waals surface area contributed by atoms with Crippen molar-refractivity contribution in [2.24, 2.45) is 10.9 Å². The lowest BCUT2D eigenvalue weighted by Gasteiger charge is -2.26. The van der Waals surface area contributed by atoms with Gasteiger partial charge in [0.1, 0.15) is 12.4 Å². The van der Waals surface area contributed by atoms with Gasteiger partial charge in [-0.3, -0.25) is 9.89 Å². The number of morpholine rings is 1. The molecule has 1 aromatic carbocycles. The Morgan fingerprint density at radius 3 is 2.87 bits per heavy atom. The van der Waals surface area contributed by atoms with Gasteiger partial charge in [0, 0.05) is 58.9 Å². The number of aliphatic imine (C=N–C) groups is 1. The van der Waals surface area contributed by atoms with Crippen molar-refractivity contribution in [1.82, 2.24) is 15.5 Å². The summed E-state index contributed by atoms with van der Waals surface area (Å²) >= 11 is 0. The molecule has 2 fully saturated rings. The van der Waals surface area contributed by atoms with Gasteiger partial charge in [0.2, 0.25) is 0 Å². The van der Waals surface area contributed by atoms with Crippen LogP contribution >= 0.6 is 0 Å². The lowest BCUT2D eigenvalue weighted by Crippen LogP contribution is -2.38. The van der Waals surface area contributed by atoms with Crippen LogP contribution in [0.15, 0.2) is 29.3 Å². The maximum atomic E-state index is 5.94. The zero-order valence-electron chi connectivity index (χ0n) is 18.8. The Morgan fingerprint density at radius 1 is 1.16 bits per heavy atom. The highest BCUT2D eigenvalue weighted by Gasteiger charge is 2.15. The summed E-state index contributed by atoms with van der Waals surface area (Å²) in [6.45, 7) is 10.0. The van der Waals surface area contributed by atoms with Crippen LogP contribution in [0.3, 0.4) is 0 Å². The van der Waals surface area contributed by atoms with E-state index in [4.69, 9.17) is 18.9 Å². The van der Waals surface area contributed by atoms with Crippen molar-refractivity contribution >= 4 is 5.96 Å². The Labute approximate surface area is 186 Å². The predicted molar refractivity (Wildman–Crippen MR) is 122 cm³/mol. The summed E-state index contributed by atoms with van der Waals surface area (Å²) in [5.74, 6) is 2.27. The third-order valence-corrected chi connectivity index (χ3v) is 5.50. The maximum absolute atomic E-state index is 5.94. The first-order valence-corrected chi connectivity index (χ1v) is 11.5. The van der Waals surface area contributed by atoms with E-state index in [9.17, 15) is 0 Å². The number of nitrogens with zero attached hydrogens (tertiary/aromatic N) is 2. The summed E-state index contributed by atoms with van der Waals surface area (Å²) in [7, 11) is 1.79. The molecule has 8 nitrogen and oxygen atoms in total. The molecule has 2 N–H and O–H groups in total. The van der Waals surface area contributed by atoms with E-state index in [0.29, 0.717) is 19.1 Å². The van der Waals surface area contributed by atoms with Crippen LogP contribution in [0.2, 0.25) is 0 Å². The van der Waals surface area contributed by atoms with Gasteiger partial charge in [0.25, 0.3) is 0 Å². The summed E-state index contributed by atoms with van der Waals surface area (Å²) < 4.78 is 22.4. The zero-order valence-corrected chi connectivity index (χ0v) is 18.8. The first-order chi connectivity index (χ1) is 15.3. The molecule has 3 rings (SSSR count). The molecule has 0 amide bonds. The zero-order chi connectivity index (χ0) is 21.6. The number of hydrogen-bond acceptors (Lipinski definition) is 6. The van der Waals surface area contributed by atoms with Crippen molar-refractivity contribution in [3.63, 3.8) is 0 Å². The topological polar surface area (TPSA) is 76.6 Å². The third-order valence-electron chi connectivity index (χ3n) is 5.50. The summed E-state index contributed by atoms with van der Waals surface area (Å²) in [6.07, 6.45) is 2.07. The molecule has 1 unspecified atom stereocenters. The maximum Gasteiger partial charge on any atom is 0.191 e. The minimum Gasteiger partial charge on any atom is -0.492 e. The van der Waals surface area contributed by atoms with Gasteiger partial charge in [-0.2, -0.15) is 0 Å². The largest absolute Gasteiger partial charge is 0.492 e. The molecule has 1 atom stereocenters. The first-order valence-electron chi connectivity index (χ1n) is 11.5. The van der Waals surface area contributed by atoms with Gasteiger partial charge in [-0.25, -0.2) is 0 Å². The molecular weight excluding hydrogens is 396 g/mol. The number of guanidine groups is 1. The van der Waals surface area contributed by atoms with Gasteiger partial charge >= 0.3 is 0 Å². The molecule has 31 heavy (non-hydrogen) atoms. The van der Waals surface area contributed by atoms with Gasteiger partial charge in [0.05, 0.1) is 26.4 Å².